The third-order valence-corrected chi connectivity index (χ3v) is 2.07. The van der Waals surface area contributed by atoms with Crippen LogP contribution >= 0.6 is 0 Å². The molecule has 1 rings (SSSR count). The summed E-state index contributed by atoms with van der Waals surface area (Å²) in [5.74, 6) is 0.358. The van der Waals surface area contributed by atoms with Gasteiger partial charge in [-0.3, -0.25) is 0 Å². The molecule has 0 spiro atoms. The first-order valence-corrected chi connectivity index (χ1v) is 6.05. The number of nitrogen functional groups attached to an aromatic ring is 1. The van der Waals surface area contributed by atoms with Crippen LogP contribution in [0.4, 0.5) is 5.69 Å². The topological polar surface area (TPSA) is 72.5 Å². The van der Waals surface area contributed by atoms with Crippen LogP contribution in [-0.2, 0) is 25.4 Å². The fraction of sp³-hybridized carbons (Fsp3) is 0. The number of benzene rings is 1. The molecule has 58 valence electrons. The van der Waals surface area contributed by atoms with Gasteiger partial charge in [0.05, 0.1) is 0 Å². The van der Waals surface area contributed by atoms with E-state index in [2.05, 4.69) is 2.81 Å². The predicted octanol–water partition coefficient (Wildman–Crippen LogP) is 0.434. The molecule has 1 aromatic rings. The number of hydrogen-bond donors (Lipinski definition) is 2. The number of hydrogen-bond acceptors (Lipinski definition) is 3. The Balaban J connectivity index is 2.79. The van der Waals surface area contributed by atoms with Crippen molar-refractivity contribution in [2.24, 2.45) is 0 Å². The van der Waals surface area contributed by atoms with Crippen molar-refractivity contribution in [3.63, 3.8) is 0 Å². The molecule has 0 aromatic heterocycles. The number of rotatable bonds is 2. The van der Waals surface area contributed by atoms with Crippen LogP contribution in [-0.4, -0.2) is 3.18 Å². The third kappa shape index (κ3) is 2.91. The first kappa shape index (κ1) is 8.56. The number of anilines is 1. The van der Waals surface area contributed by atoms with Crippen LogP contribution in [0.2, 0.25) is 0 Å². The molecule has 1 aromatic carbocycles. The van der Waals surface area contributed by atoms with Gasteiger partial charge in [-0.2, -0.15) is 0 Å². The molecule has 4 nitrogen and oxygen atoms in total. The van der Waals surface area contributed by atoms with Crippen molar-refractivity contribution in [1.29, 1.82) is 0 Å². The minimum absolute atomic E-state index is 0.358. The van der Waals surface area contributed by atoms with E-state index in [4.69, 9.17) is 8.92 Å². The van der Waals surface area contributed by atoms with Crippen molar-refractivity contribution in [1.82, 2.24) is 0 Å². The van der Waals surface area contributed by atoms with Crippen molar-refractivity contribution >= 4 is 5.69 Å². The molecule has 0 bridgehead atoms. The molecule has 0 aliphatic carbocycles. The van der Waals surface area contributed by atoms with Crippen molar-refractivity contribution in [2.45, 2.75) is 0 Å². The van der Waals surface area contributed by atoms with Gasteiger partial charge < -0.3 is 0 Å². The molecule has 0 aliphatic rings. The van der Waals surface area contributed by atoms with Gasteiger partial charge in [-0.05, 0) is 0 Å². The summed E-state index contributed by atoms with van der Waals surface area (Å²) in [4.78, 5) is 0. The first-order valence-electron chi connectivity index (χ1n) is 2.95. The Morgan fingerprint density at radius 1 is 1.55 bits per heavy atom. The van der Waals surface area contributed by atoms with Crippen LogP contribution in [0.1, 0.15) is 0 Å². The van der Waals surface area contributed by atoms with Crippen LogP contribution in [0.3, 0.4) is 0 Å². The van der Waals surface area contributed by atoms with Crippen molar-refractivity contribution in [3.8, 4) is 5.75 Å². The zero-order chi connectivity index (χ0) is 8.27. The molecule has 0 saturated carbocycles. The normalized spacial score (nSPS) is 9.18. The number of nitrogens with two attached hydrogens (primary N) is 1. The van der Waals surface area contributed by atoms with Gasteiger partial charge in [-0.25, -0.2) is 0 Å². The molecule has 5 heteroatoms. The zero-order valence-corrected chi connectivity index (χ0v) is 8.11. The van der Waals surface area contributed by atoms with Crippen LogP contribution in [0.15, 0.2) is 24.3 Å². The van der Waals surface area contributed by atoms with Crippen LogP contribution in [0, 0.1) is 0 Å². The van der Waals surface area contributed by atoms with Crippen molar-refractivity contribution < 1.29 is 31.4 Å². The maximum atomic E-state index is 10.3. The molecule has 0 heterocycles. The summed E-state index contributed by atoms with van der Waals surface area (Å²) in [6.45, 7) is 0. The van der Waals surface area contributed by atoms with E-state index in [9.17, 15) is 2.81 Å². The molecule has 0 unspecified atom stereocenters. The van der Waals surface area contributed by atoms with Gasteiger partial charge in [-0.1, -0.05) is 0 Å². The van der Waals surface area contributed by atoms with E-state index in [0.717, 1.165) is 0 Å². The van der Waals surface area contributed by atoms with Gasteiger partial charge in [0.2, 0.25) is 0 Å². The molecule has 0 saturated heterocycles. The summed E-state index contributed by atoms with van der Waals surface area (Å²) >= 11 is -3.71. The molecule has 0 atom stereocenters. The Kier molecular flexibility index (Phi) is 2.91. The van der Waals surface area contributed by atoms with E-state index < -0.39 is 22.6 Å². The molecule has 0 aliphatic heterocycles. The summed E-state index contributed by atoms with van der Waals surface area (Å²) in [5.41, 5.74) is 5.91. The summed E-state index contributed by atoms with van der Waals surface area (Å²) in [6.07, 6.45) is 0. The fourth-order valence-electron chi connectivity index (χ4n) is 0.679. The molecule has 11 heavy (non-hydrogen) atoms. The van der Waals surface area contributed by atoms with Crippen LogP contribution in [0.25, 0.3) is 0 Å². The predicted molar refractivity (Wildman–Crippen MR) is 34.4 cm³/mol. The minimum atomic E-state index is -3.71. The van der Waals surface area contributed by atoms with E-state index >= 15 is 0 Å². The van der Waals surface area contributed by atoms with E-state index in [0.29, 0.717) is 11.4 Å². The Morgan fingerprint density at radius 2 is 2.27 bits per heavy atom. The Labute approximate surface area is 73.0 Å². The summed E-state index contributed by atoms with van der Waals surface area (Å²) in [7, 11) is 0. The second-order valence-electron chi connectivity index (χ2n) is 1.94. The van der Waals surface area contributed by atoms with E-state index in [1.807, 2.05) is 0 Å². The van der Waals surface area contributed by atoms with Gasteiger partial charge in [0.1, 0.15) is 0 Å². The second-order valence-corrected chi connectivity index (χ2v) is 3.75. The standard InChI is InChI=1S/C6H7NO.H2O.O.Zr/c7-5-2-1-3-6(8)4-5;;;/h1-4,8H,7H2;1H2;;/q;;;+2/p-2. The SMILES string of the molecule is Nc1cccc([O][Zr](=[O])[OH])c1. The summed E-state index contributed by atoms with van der Waals surface area (Å²) in [5, 5.41) is 0. The quantitative estimate of drug-likeness (QED) is 0.725. The molecule has 3 N–H and O–H groups in total. The maximum absolute atomic E-state index is 10.3. The van der Waals surface area contributed by atoms with Gasteiger partial charge in [-0.15, -0.1) is 0 Å². The van der Waals surface area contributed by atoms with Crippen LogP contribution < -0.4 is 8.55 Å². The van der Waals surface area contributed by atoms with E-state index in [1.165, 1.54) is 6.07 Å². The third-order valence-electron chi connectivity index (χ3n) is 1.06. The average Bonchev–Trinajstić information content (AvgIpc) is 1.85. The monoisotopic (exact) mass is 231 g/mol. The Hall–Kier alpha value is -0.537. The van der Waals surface area contributed by atoms with Gasteiger partial charge in [0, 0.05) is 0 Å². The van der Waals surface area contributed by atoms with E-state index in [1.54, 1.807) is 18.2 Å². The van der Waals surface area contributed by atoms with Crippen LogP contribution in [0.5, 0.6) is 5.75 Å². The van der Waals surface area contributed by atoms with Crippen molar-refractivity contribution in [3.05, 3.63) is 24.3 Å². The zero-order valence-electron chi connectivity index (χ0n) is 5.65. The second kappa shape index (κ2) is 3.74. The first-order chi connectivity index (χ1) is 5.18. The van der Waals surface area contributed by atoms with E-state index in [-0.39, 0.29) is 0 Å². The van der Waals surface area contributed by atoms with Gasteiger partial charge in [0.25, 0.3) is 0 Å². The van der Waals surface area contributed by atoms with Gasteiger partial charge in [0.15, 0.2) is 0 Å². The molecular formula is C6H7NO3Zr. The molecular weight excluding hydrogens is 225 g/mol. The fourth-order valence-corrected chi connectivity index (χ4v) is 1.49. The summed E-state index contributed by atoms with van der Waals surface area (Å²) in [6, 6.07) is 6.44. The molecule has 0 fully saturated rings. The van der Waals surface area contributed by atoms with Gasteiger partial charge >= 0.3 is 72.9 Å². The van der Waals surface area contributed by atoms with Crippen molar-refractivity contribution in [2.75, 3.05) is 5.73 Å². The Bertz CT molecular complexity index is 276. The average molecular weight is 232 g/mol. The Morgan fingerprint density at radius 3 is 2.82 bits per heavy atom. The molecule has 0 radical (unpaired) electrons. The summed E-state index contributed by atoms with van der Waals surface area (Å²) < 4.78 is 23.4. The molecule has 0 amide bonds.